The lowest BCUT2D eigenvalue weighted by Crippen LogP contribution is -2.36. The molecule has 40 heavy (non-hydrogen) atoms. The van der Waals surface area contributed by atoms with Crippen molar-refractivity contribution in [2.45, 2.75) is 36.4 Å². The molecule has 0 saturated heterocycles. The molecule has 12 heteroatoms. The highest BCUT2D eigenvalue weighted by Gasteiger charge is 2.34. The van der Waals surface area contributed by atoms with E-state index in [9.17, 15) is 31.1 Å². The number of halogens is 6. The normalized spacial score (nSPS) is 12.6. The molecule has 0 aliphatic heterocycles. The van der Waals surface area contributed by atoms with Crippen molar-refractivity contribution in [2.24, 2.45) is 0 Å². The van der Waals surface area contributed by atoms with Crippen molar-refractivity contribution in [1.82, 2.24) is 4.90 Å². The zero-order valence-electron chi connectivity index (χ0n) is 21.6. The summed E-state index contributed by atoms with van der Waals surface area (Å²) in [6.45, 7) is -1.29. The van der Waals surface area contributed by atoms with Gasteiger partial charge in [-0.1, -0.05) is 36.4 Å². The molecule has 0 heterocycles. The number of rotatable bonds is 13. The minimum absolute atomic E-state index is 0.00373. The molecule has 1 N–H and O–H groups in total. The molecule has 0 atom stereocenters. The van der Waals surface area contributed by atoms with Crippen LogP contribution in [-0.2, 0) is 34.9 Å². The van der Waals surface area contributed by atoms with E-state index in [0.717, 1.165) is 42.7 Å². The lowest BCUT2D eigenvalue weighted by molar-refractivity contribution is -0.137. The summed E-state index contributed by atoms with van der Waals surface area (Å²) in [6.07, 6.45) is -3.25. The maximum atomic E-state index is 15.1. The molecule has 3 aromatic carbocycles. The molecule has 0 saturated carbocycles. The van der Waals surface area contributed by atoms with Crippen LogP contribution >= 0.6 is 0 Å². The van der Waals surface area contributed by atoms with Crippen molar-refractivity contribution >= 4 is 9.84 Å². The number of sulfone groups is 1. The van der Waals surface area contributed by atoms with Crippen molar-refractivity contribution in [1.29, 1.82) is 0 Å². The van der Waals surface area contributed by atoms with E-state index >= 15 is 8.78 Å². The smallest absolute Gasteiger partial charge is 0.416 e. The van der Waals surface area contributed by atoms with Gasteiger partial charge in [-0.2, -0.15) is 22.0 Å². The Bertz CT molecular complexity index is 1380. The average molecular weight is 590 g/mol. The first-order chi connectivity index (χ1) is 18.7. The average Bonchev–Trinajstić information content (AvgIpc) is 2.86. The molecule has 5 nitrogen and oxygen atoms in total. The minimum Gasteiger partial charge on any atom is -0.494 e. The van der Waals surface area contributed by atoms with Crippen molar-refractivity contribution in [3.05, 3.63) is 94.8 Å². The van der Waals surface area contributed by atoms with Gasteiger partial charge in [0.2, 0.25) is 0 Å². The van der Waals surface area contributed by atoms with Gasteiger partial charge in [-0.3, -0.25) is 4.90 Å². The van der Waals surface area contributed by atoms with E-state index in [0.29, 0.717) is 5.56 Å². The Hall–Kier alpha value is -3.09. The Morgan fingerprint density at radius 3 is 2.25 bits per heavy atom. The van der Waals surface area contributed by atoms with E-state index in [4.69, 9.17) is 4.74 Å². The van der Waals surface area contributed by atoms with E-state index in [-0.39, 0.29) is 55.4 Å². The van der Waals surface area contributed by atoms with Gasteiger partial charge >= 0.3 is 6.18 Å². The molecule has 218 valence electrons. The van der Waals surface area contributed by atoms with Crippen LogP contribution in [0.4, 0.5) is 26.3 Å². The third-order valence-electron chi connectivity index (χ3n) is 6.06. The molecule has 0 spiro atoms. The molecule has 0 unspecified atom stereocenters. The summed E-state index contributed by atoms with van der Waals surface area (Å²) in [5.41, 5.74) is -0.726. The number of hydrogen-bond donors (Lipinski definition) is 1. The summed E-state index contributed by atoms with van der Waals surface area (Å²) in [4.78, 5) is 1.29. The molecule has 0 bridgehead atoms. The van der Waals surface area contributed by atoms with Crippen molar-refractivity contribution in [3.8, 4) is 5.75 Å². The summed E-state index contributed by atoms with van der Waals surface area (Å²) < 4.78 is 113. The lowest BCUT2D eigenvalue weighted by Gasteiger charge is -2.28. The number of alkyl halides is 5. The molecule has 0 radical (unpaired) electrons. The topological polar surface area (TPSA) is 66.8 Å². The first-order valence-corrected chi connectivity index (χ1v) is 14.2. The summed E-state index contributed by atoms with van der Waals surface area (Å²) in [5, 5.41) is 9.17. The molecule has 3 aromatic rings. The minimum atomic E-state index is -4.59. The fourth-order valence-electron chi connectivity index (χ4n) is 4.16. The maximum Gasteiger partial charge on any atom is 0.416 e. The van der Waals surface area contributed by atoms with Gasteiger partial charge in [0.15, 0.2) is 9.84 Å². The Kier molecular flexibility index (Phi) is 10.3. The van der Waals surface area contributed by atoms with E-state index < -0.39 is 45.4 Å². The van der Waals surface area contributed by atoms with Gasteiger partial charge < -0.3 is 9.84 Å². The van der Waals surface area contributed by atoms with E-state index in [1.165, 1.54) is 35.2 Å². The first kappa shape index (κ1) is 31.4. The van der Waals surface area contributed by atoms with Crippen LogP contribution in [0.5, 0.6) is 5.75 Å². The number of hydrogen-bond acceptors (Lipinski definition) is 5. The number of aliphatic hydroxyl groups excluding tert-OH is 1. The van der Waals surface area contributed by atoms with Crippen LogP contribution in [0.15, 0.2) is 71.6 Å². The van der Waals surface area contributed by atoms with Crippen molar-refractivity contribution in [2.75, 3.05) is 32.6 Å². The van der Waals surface area contributed by atoms with Gasteiger partial charge in [0.25, 0.3) is 5.92 Å². The molecule has 0 aliphatic carbocycles. The van der Waals surface area contributed by atoms with Crippen LogP contribution in [0.3, 0.4) is 0 Å². The maximum absolute atomic E-state index is 15.1. The second-order valence-electron chi connectivity index (χ2n) is 9.34. The van der Waals surface area contributed by atoms with Gasteiger partial charge in [-0.15, -0.1) is 0 Å². The zero-order chi connectivity index (χ0) is 29.6. The number of aliphatic hydroxyl groups is 1. The molecular weight excluding hydrogens is 560 g/mol. The third-order valence-corrected chi connectivity index (χ3v) is 7.23. The number of ether oxygens (including phenoxy) is 1. The van der Waals surface area contributed by atoms with Crippen LogP contribution in [0, 0.1) is 5.82 Å². The van der Waals surface area contributed by atoms with Gasteiger partial charge in [0, 0.05) is 31.5 Å². The standard InChI is InChI=1S/C28H29F6NO4S/c1-40(37,38)26-17-25(11-6-21(26)12-14-36)39-15-3-13-35(18-20-4-2-5-23(16-20)28(32,33)34)19-27(30,31)22-7-9-24(29)10-8-22/h2,4-11,16-17,36H,3,12-15,18-19H2,1H3. The Labute approximate surface area is 228 Å². The van der Waals surface area contributed by atoms with Gasteiger partial charge in [-0.25, -0.2) is 12.8 Å². The Morgan fingerprint density at radius 2 is 1.62 bits per heavy atom. The highest BCUT2D eigenvalue weighted by molar-refractivity contribution is 7.90. The molecule has 0 fully saturated rings. The Balaban J connectivity index is 1.74. The van der Waals surface area contributed by atoms with Crippen LogP contribution in [0.1, 0.15) is 28.7 Å². The van der Waals surface area contributed by atoms with Crippen LogP contribution in [-0.4, -0.2) is 51.0 Å². The van der Waals surface area contributed by atoms with Gasteiger partial charge in [-0.05, 0) is 54.3 Å². The highest BCUT2D eigenvalue weighted by atomic mass is 32.2. The lowest BCUT2D eigenvalue weighted by atomic mass is 10.1. The number of benzene rings is 3. The van der Waals surface area contributed by atoms with E-state index in [1.807, 2.05) is 0 Å². The molecule has 0 aliphatic rings. The molecule has 3 rings (SSSR count). The van der Waals surface area contributed by atoms with Gasteiger partial charge in [0.05, 0.1) is 23.6 Å². The van der Waals surface area contributed by atoms with E-state index in [2.05, 4.69) is 0 Å². The molecular formula is C28H29F6NO4S. The van der Waals surface area contributed by atoms with Crippen LogP contribution in [0.25, 0.3) is 0 Å². The van der Waals surface area contributed by atoms with Crippen LogP contribution in [0.2, 0.25) is 0 Å². The predicted octanol–water partition coefficient (Wildman–Crippen LogP) is 5.85. The number of nitrogens with zero attached hydrogens (tertiary/aromatic N) is 1. The summed E-state index contributed by atoms with van der Waals surface area (Å²) in [7, 11) is -3.61. The van der Waals surface area contributed by atoms with Crippen molar-refractivity contribution < 1.29 is 44.6 Å². The Morgan fingerprint density at radius 1 is 0.925 bits per heavy atom. The summed E-state index contributed by atoms with van der Waals surface area (Å²) in [5.74, 6) is -3.88. The molecule has 0 amide bonds. The summed E-state index contributed by atoms with van der Waals surface area (Å²) in [6, 6.07) is 12.5. The second kappa shape index (κ2) is 13.0. The molecule has 0 aromatic heterocycles. The monoisotopic (exact) mass is 589 g/mol. The fraction of sp³-hybridized carbons (Fsp3) is 0.357. The fourth-order valence-corrected chi connectivity index (χ4v) is 5.14. The largest absolute Gasteiger partial charge is 0.494 e. The summed E-state index contributed by atoms with van der Waals surface area (Å²) >= 11 is 0. The van der Waals surface area contributed by atoms with Crippen molar-refractivity contribution in [3.63, 3.8) is 0 Å². The third kappa shape index (κ3) is 8.97. The zero-order valence-corrected chi connectivity index (χ0v) is 22.4. The second-order valence-corrected chi connectivity index (χ2v) is 11.3. The predicted molar refractivity (Wildman–Crippen MR) is 137 cm³/mol. The quantitative estimate of drug-likeness (QED) is 0.200. The first-order valence-electron chi connectivity index (χ1n) is 12.3. The van der Waals surface area contributed by atoms with E-state index in [1.54, 1.807) is 0 Å². The SMILES string of the molecule is CS(=O)(=O)c1cc(OCCCN(Cc2cccc(C(F)(F)F)c2)CC(F)(F)c2ccc(F)cc2)ccc1CCO. The highest BCUT2D eigenvalue weighted by Crippen LogP contribution is 2.32. The van der Waals surface area contributed by atoms with Gasteiger partial charge in [0.1, 0.15) is 11.6 Å². The van der Waals surface area contributed by atoms with Crippen LogP contribution < -0.4 is 4.74 Å².